The number of nitrogens with zero attached hydrogens (tertiary/aromatic N) is 5. The fourth-order valence-electron chi connectivity index (χ4n) is 3.58. The van der Waals surface area contributed by atoms with Gasteiger partial charge in [-0.2, -0.15) is 0 Å². The number of nitrogens with one attached hydrogen (secondary N) is 1. The highest BCUT2D eigenvalue weighted by atomic mass is 16.7. The molecule has 1 N–H and O–H groups in total. The topological polar surface area (TPSA) is 92.7 Å². The molecule has 9 nitrogen and oxygen atoms in total. The lowest BCUT2D eigenvalue weighted by Gasteiger charge is -2.35. The Morgan fingerprint density at radius 1 is 0.935 bits per heavy atom. The third-order valence-corrected chi connectivity index (χ3v) is 5.33. The molecule has 5 rings (SSSR count). The normalized spacial score (nSPS) is 15.1. The number of piperazine rings is 1. The van der Waals surface area contributed by atoms with Gasteiger partial charge >= 0.3 is 0 Å². The Morgan fingerprint density at radius 3 is 2.48 bits per heavy atom. The van der Waals surface area contributed by atoms with Crippen LogP contribution in [0.5, 0.6) is 11.5 Å². The van der Waals surface area contributed by atoms with E-state index in [1.165, 1.54) is 0 Å². The average molecular weight is 418 g/mol. The molecule has 0 saturated carbocycles. The van der Waals surface area contributed by atoms with Crippen LogP contribution in [0.3, 0.4) is 0 Å². The van der Waals surface area contributed by atoms with Gasteiger partial charge in [0.1, 0.15) is 5.82 Å². The number of benzene rings is 1. The third-order valence-electron chi connectivity index (χ3n) is 5.33. The molecule has 1 amide bonds. The van der Waals surface area contributed by atoms with Crippen LogP contribution in [0.1, 0.15) is 15.9 Å². The van der Waals surface area contributed by atoms with Gasteiger partial charge in [0.25, 0.3) is 5.91 Å². The van der Waals surface area contributed by atoms with Crippen LogP contribution in [0, 0.1) is 6.92 Å². The van der Waals surface area contributed by atoms with Crippen molar-refractivity contribution in [2.45, 2.75) is 6.92 Å². The van der Waals surface area contributed by atoms with Gasteiger partial charge in [-0.15, -0.1) is 10.2 Å². The number of pyridine rings is 1. The lowest BCUT2D eigenvalue weighted by Crippen LogP contribution is -2.49. The lowest BCUT2D eigenvalue weighted by atomic mass is 10.1. The lowest BCUT2D eigenvalue weighted by molar-refractivity contribution is 0.0746. The van der Waals surface area contributed by atoms with E-state index in [9.17, 15) is 4.79 Å². The number of carbonyl (C=O) groups excluding carboxylic acids is 1. The van der Waals surface area contributed by atoms with Crippen molar-refractivity contribution in [3.8, 4) is 11.5 Å². The zero-order chi connectivity index (χ0) is 21.2. The maximum atomic E-state index is 12.9. The number of anilines is 3. The molecule has 2 aliphatic rings. The molecule has 0 radical (unpaired) electrons. The molecule has 2 aliphatic heterocycles. The van der Waals surface area contributed by atoms with Crippen LogP contribution >= 0.6 is 0 Å². The highest BCUT2D eigenvalue weighted by Crippen LogP contribution is 2.33. The van der Waals surface area contributed by atoms with Crippen LogP contribution in [-0.2, 0) is 0 Å². The van der Waals surface area contributed by atoms with Crippen molar-refractivity contribution in [3.05, 3.63) is 59.8 Å². The first-order valence-electron chi connectivity index (χ1n) is 10.1. The molecule has 2 aromatic heterocycles. The standard InChI is InChI=1S/C22H22N6O3/c1-15-2-5-19(23-13-15)24-20-6-7-21(26-25-20)27-8-10-28(11-9-27)22(29)16-3-4-17-18(12-16)31-14-30-17/h2-7,12-13H,8-11,14H2,1H3,(H,23,24,25). The number of carbonyl (C=O) groups is 1. The number of hydrogen-bond acceptors (Lipinski definition) is 8. The maximum absolute atomic E-state index is 12.9. The smallest absolute Gasteiger partial charge is 0.254 e. The van der Waals surface area contributed by atoms with Crippen LogP contribution in [0.25, 0.3) is 0 Å². The van der Waals surface area contributed by atoms with Crippen molar-refractivity contribution in [3.63, 3.8) is 0 Å². The minimum absolute atomic E-state index is 0.00539. The molecule has 3 aromatic rings. The zero-order valence-electron chi connectivity index (χ0n) is 17.1. The number of rotatable bonds is 4. The van der Waals surface area contributed by atoms with E-state index in [0.717, 1.165) is 17.2 Å². The molecule has 1 saturated heterocycles. The molecule has 31 heavy (non-hydrogen) atoms. The Labute approximate surface area is 179 Å². The predicted octanol–water partition coefficient (Wildman–Crippen LogP) is 2.61. The minimum Gasteiger partial charge on any atom is -0.454 e. The maximum Gasteiger partial charge on any atom is 0.254 e. The second-order valence-electron chi connectivity index (χ2n) is 7.47. The van der Waals surface area contributed by atoms with Crippen LogP contribution in [-0.4, -0.2) is 59.0 Å². The van der Waals surface area contributed by atoms with E-state index in [0.29, 0.717) is 49.1 Å². The average Bonchev–Trinajstić information content (AvgIpc) is 3.29. The first-order valence-corrected chi connectivity index (χ1v) is 10.1. The second kappa shape index (κ2) is 8.10. The molecule has 0 bridgehead atoms. The van der Waals surface area contributed by atoms with Gasteiger partial charge in [0.05, 0.1) is 0 Å². The molecular weight excluding hydrogens is 396 g/mol. The molecule has 9 heteroatoms. The monoisotopic (exact) mass is 418 g/mol. The van der Waals surface area contributed by atoms with Crippen molar-refractivity contribution in [1.29, 1.82) is 0 Å². The van der Waals surface area contributed by atoms with Gasteiger partial charge in [0.2, 0.25) is 6.79 Å². The van der Waals surface area contributed by atoms with E-state index < -0.39 is 0 Å². The SMILES string of the molecule is Cc1ccc(Nc2ccc(N3CCN(C(=O)c4ccc5c(c4)OCO5)CC3)nn2)nc1. The minimum atomic E-state index is -0.00539. The van der Waals surface area contributed by atoms with Gasteiger partial charge in [-0.05, 0) is 48.9 Å². The second-order valence-corrected chi connectivity index (χ2v) is 7.47. The quantitative estimate of drug-likeness (QED) is 0.691. The van der Waals surface area contributed by atoms with Crippen molar-refractivity contribution < 1.29 is 14.3 Å². The molecule has 158 valence electrons. The van der Waals surface area contributed by atoms with Gasteiger partial charge in [-0.1, -0.05) is 6.07 Å². The molecule has 1 fully saturated rings. The highest BCUT2D eigenvalue weighted by molar-refractivity contribution is 5.95. The number of aromatic nitrogens is 3. The first-order chi connectivity index (χ1) is 15.2. The van der Waals surface area contributed by atoms with Crippen LogP contribution in [0.15, 0.2) is 48.7 Å². The Bertz CT molecular complexity index is 1080. The molecule has 0 atom stereocenters. The Hall–Kier alpha value is -3.88. The molecule has 0 unspecified atom stereocenters. The Kier molecular flexibility index (Phi) is 4.99. The van der Waals surface area contributed by atoms with Crippen molar-refractivity contribution in [1.82, 2.24) is 20.1 Å². The molecule has 0 aliphatic carbocycles. The molecule has 1 aromatic carbocycles. The summed E-state index contributed by atoms with van der Waals surface area (Å²) in [6.07, 6.45) is 1.80. The number of ether oxygens (including phenoxy) is 2. The van der Waals surface area contributed by atoms with E-state index in [1.54, 1.807) is 24.4 Å². The van der Waals surface area contributed by atoms with Crippen molar-refractivity contribution >= 4 is 23.4 Å². The van der Waals surface area contributed by atoms with Gasteiger partial charge in [-0.3, -0.25) is 4.79 Å². The summed E-state index contributed by atoms with van der Waals surface area (Å²) in [7, 11) is 0. The number of amides is 1. The van der Waals surface area contributed by atoms with E-state index in [-0.39, 0.29) is 12.7 Å². The summed E-state index contributed by atoms with van der Waals surface area (Å²) in [6.45, 7) is 4.80. The molecule has 4 heterocycles. The largest absolute Gasteiger partial charge is 0.454 e. The fraction of sp³-hybridized carbons (Fsp3) is 0.273. The van der Waals surface area contributed by atoms with Gasteiger partial charge in [-0.25, -0.2) is 4.98 Å². The van der Waals surface area contributed by atoms with E-state index >= 15 is 0 Å². The number of aryl methyl sites for hydroxylation is 1. The Morgan fingerprint density at radius 2 is 1.74 bits per heavy atom. The predicted molar refractivity (Wildman–Crippen MR) is 115 cm³/mol. The number of fused-ring (bicyclic) bond motifs is 1. The Balaban J connectivity index is 1.18. The number of hydrogen-bond donors (Lipinski definition) is 1. The molecule has 0 spiro atoms. The summed E-state index contributed by atoms with van der Waals surface area (Å²) in [5.41, 5.74) is 1.71. The zero-order valence-corrected chi connectivity index (χ0v) is 17.1. The summed E-state index contributed by atoms with van der Waals surface area (Å²) in [5, 5.41) is 11.7. The summed E-state index contributed by atoms with van der Waals surface area (Å²) in [4.78, 5) is 21.1. The summed E-state index contributed by atoms with van der Waals surface area (Å²) < 4.78 is 10.7. The fourth-order valence-corrected chi connectivity index (χ4v) is 3.58. The highest BCUT2D eigenvalue weighted by Gasteiger charge is 2.24. The summed E-state index contributed by atoms with van der Waals surface area (Å²) >= 11 is 0. The van der Waals surface area contributed by atoms with E-state index in [4.69, 9.17) is 9.47 Å². The van der Waals surface area contributed by atoms with Crippen molar-refractivity contribution in [2.24, 2.45) is 0 Å². The van der Waals surface area contributed by atoms with Crippen molar-refractivity contribution in [2.75, 3.05) is 43.2 Å². The van der Waals surface area contributed by atoms with E-state index in [1.807, 2.05) is 36.1 Å². The molecular formula is C22H22N6O3. The van der Waals surface area contributed by atoms with Gasteiger partial charge < -0.3 is 24.6 Å². The summed E-state index contributed by atoms with van der Waals surface area (Å²) in [6, 6.07) is 13.0. The van der Waals surface area contributed by atoms with Crippen LogP contribution in [0.4, 0.5) is 17.5 Å². The van der Waals surface area contributed by atoms with Crippen LogP contribution < -0.4 is 19.7 Å². The summed E-state index contributed by atoms with van der Waals surface area (Å²) in [5.74, 6) is 3.44. The first kappa shape index (κ1) is 19.1. The van der Waals surface area contributed by atoms with Gasteiger partial charge in [0.15, 0.2) is 23.1 Å². The van der Waals surface area contributed by atoms with Gasteiger partial charge in [0, 0.05) is 37.9 Å². The van der Waals surface area contributed by atoms with E-state index in [2.05, 4.69) is 25.4 Å². The third kappa shape index (κ3) is 4.07. The van der Waals surface area contributed by atoms with Crippen LogP contribution in [0.2, 0.25) is 0 Å².